The summed E-state index contributed by atoms with van der Waals surface area (Å²) in [7, 11) is 0. The van der Waals surface area contributed by atoms with E-state index in [9.17, 15) is 4.79 Å². The number of hydrogen-bond donors (Lipinski definition) is 1. The van der Waals surface area contributed by atoms with Crippen molar-refractivity contribution in [2.45, 2.75) is 6.42 Å². The summed E-state index contributed by atoms with van der Waals surface area (Å²) in [4.78, 5) is 13.7. The molecule has 2 N–H and O–H groups in total. The lowest BCUT2D eigenvalue weighted by molar-refractivity contribution is -0.134. The Hall–Kier alpha value is -1.26. The number of morpholine rings is 1. The molecule has 5 heteroatoms. The van der Waals surface area contributed by atoms with Crippen LogP contribution in [0.1, 0.15) is 5.56 Å². The first kappa shape index (κ1) is 13.8. The molecule has 1 aliphatic heterocycles. The van der Waals surface area contributed by atoms with Crippen LogP contribution in [-0.4, -0.2) is 37.1 Å². The summed E-state index contributed by atoms with van der Waals surface area (Å²) in [6.07, 6.45) is 0.445. The maximum atomic E-state index is 11.9. The van der Waals surface area contributed by atoms with Gasteiger partial charge in [-0.1, -0.05) is 12.1 Å². The van der Waals surface area contributed by atoms with Gasteiger partial charge in [0.2, 0.25) is 5.91 Å². The predicted molar refractivity (Wildman–Crippen MR) is 69.2 cm³/mol. The standard InChI is InChI=1S/C12H16N2O2.ClH/c13-11-3-1-10(2-4-11)9-12(15)14-5-7-16-8-6-14;/h1-4H,5-9,13H2;1H. The Morgan fingerprint density at radius 3 is 2.41 bits per heavy atom. The molecule has 0 spiro atoms. The first-order valence-corrected chi connectivity index (χ1v) is 5.45. The van der Waals surface area contributed by atoms with E-state index in [4.69, 9.17) is 10.5 Å². The van der Waals surface area contributed by atoms with Gasteiger partial charge in [-0.2, -0.15) is 0 Å². The lowest BCUT2D eigenvalue weighted by Crippen LogP contribution is -2.41. The number of rotatable bonds is 2. The Kier molecular flexibility index (Phi) is 5.25. The van der Waals surface area contributed by atoms with Gasteiger partial charge in [0.25, 0.3) is 0 Å². The Bertz CT molecular complexity index is 361. The average Bonchev–Trinajstić information content (AvgIpc) is 2.33. The second-order valence-corrected chi connectivity index (χ2v) is 3.91. The summed E-state index contributed by atoms with van der Waals surface area (Å²) in [6.45, 7) is 2.70. The number of halogens is 1. The summed E-state index contributed by atoms with van der Waals surface area (Å²) in [5.41, 5.74) is 7.32. The van der Waals surface area contributed by atoms with Gasteiger partial charge in [0, 0.05) is 18.8 Å². The molecule has 0 saturated carbocycles. The van der Waals surface area contributed by atoms with Gasteiger partial charge in [-0.3, -0.25) is 4.79 Å². The van der Waals surface area contributed by atoms with Crippen molar-refractivity contribution in [2.75, 3.05) is 32.0 Å². The molecule has 0 atom stereocenters. The van der Waals surface area contributed by atoms with E-state index in [2.05, 4.69) is 0 Å². The molecule has 1 aromatic rings. The number of carbonyl (C=O) groups is 1. The van der Waals surface area contributed by atoms with Gasteiger partial charge in [-0.25, -0.2) is 0 Å². The number of benzene rings is 1. The van der Waals surface area contributed by atoms with Crippen LogP contribution in [-0.2, 0) is 16.0 Å². The minimum atomic E-state index is 0. The minimum Gasteiger partial charge on any atom is -0.399 e. The summed E-state index contributed by atoms with van der Waals surface area (Å²) >= 11 is 0. The van der Waals surface area contributed by atoms with Gasteiger partial charge in [-0.15, -0.1) is 12.4 Å². The molecule has 17 heavy (non-hydrogen) atoms. The highest BCUT2D eigenvalue weighted by Gasteiger charge is 2.16. The van der Waals surface area contributed by atoms with Crippen molar-refractivity contribution < 1.29 is 9.53 Å². The van der Waals surface area contributed by atoms with E-state index in [0.717, 1.165) is 11.3 Å². The highest BCUT2D eigenvalue weighted by atomic mass is 35.5. The van der Waals surface area contributed by atoms with Crippen LogP contribution in [0, 0.1) is 0 Å². The van der Waals surface area contributed by atoms with E-state index in [1.54, 1.807) is 0 Å². The number of amides is 1. The second-order valence-electron chi connectivity index (χ2n) is 3.91. The molecule has 2 rings (SSSR count). The van der Waals surface area contributed by atoms with E-state index in [1.807, 2.05) is 29.2 Å². The van der Waals surface area contributed by atoms with Crippen molar-refractivity contribution in [1.29, 1.82) is 0 Å². The van der Waals surface area contributed by atoms with Crippen molar-refractivity contribution in [1.82, 2.24) is 4.90 Å². The van der Waals surface area contributed by atoms with E-state index < -0.39 is 0 Å². The number of ether oxygens (including phenoxy) is 1. The molecule has 1 aromatic carbocycles. The van der Waals surface area contributed by atoms with E-state index in [1.165, 1.54) is 0 Å². The van der Waals surface area contributed by atoms with Crippen LogP contribution >= 0.6 is 12.4 Å². The zero-order chi connectivity index (χ0) is 11.4. The molecule has 4 nitrogen and oxygen atoms in total. The van der Waals surface area contributed by atoms with Gasteiger partial charge in [0.05, 0.1) is 19.6 Å². The van der Waals surface area contributed by atoms with E-state index in [0.29, 0.717) is 32.7 Å². The fraction of sp³-hybridized carbons (Fsp3) is 0.417. The molecule has 0 bridgehead atoms. The Morgan fingerprint density at radius 2 is 1.82 bits per heavy atom. The zero-order valence-corrected chi connectivity index (χ0v) is 10.4. The number of anilines is 1. The van der Waals surface area contributed by atoms with Gasteiger partial charge in [0.15, 0.2) is 0 Å². The fourth-order valence-electron chi connectivity index (χ4n) is 1.73. The summed E-state index contributed by atoms with van der Waals surface area (Å²) < 4.78 is 5.21. The third kappa shape index (κ3) is 3.91. The van der Waals surface area contributed by atoms with Gasteiger partial charge < -0.3 is 15.4 Å². The minimum absolute atomic E-state index is 0. The van der Waals surface area contributed by atoms with Crippen LogP contribution < -0.4 is 5.73 Å². The van der Waals surface area contributed by atoms with Crippen LogP contribution in [0.15, 0.2) is 24.3 Å². The maximum absolute atomic E-state index is 11.9. The van der Waals surface area contributed by atoms with E-state index in [-0.39, 0.29) is 18.3 Å². The third-order valence-electron chi connectivity index (χ3n) is 2.70. The Labute approximate surface area is 107 Å². The molecule has 0 aromatic heterocycles. The molecule has 0 radical (unpaired) electrons. The summed E-state index contributed by atoms with van der Waals surface area (Å²) in [5.74, 6) is 0.160. The smallest absolute Gasteiger partial charge is 0.227 e. The van der Waals surface area contributed by atoms with Gasteiger partial charge in [0.1, 0.15) is 0 Å². The van der Waals surface area contributed by atoms with Crippen LogP contribution in [0.25, 0.3) is 0 Å². The highest BCUT2D eigenvalue weighted by molar-refractivity contribution is 5.85. The number of nitrogen functional groups attached to an aromatic ring is 1. The van der Waals surface area contributed by atoms with Crippen LogP contribution in [0.5, 0.6) is 0 Å². The molecular formula is C12H17ClN2O2. The second kappa shape index (κ2) is 6.47. The fourth-order valence-corrected chi connectivity index (χ4v) is 1.73. The molecular weight excluding hydrogens is 240 g/mol. The average molecular weight is 257 g/mol. The van der Waals surface area contributed by atoms with Crippen LogP contribution in [0.3, 0.4) is 0 Å². The van der Waals surface area contributed by atoms with Crippen molar-refractivity contribution in [3.8, 4) is 0 Å². The predicted octanol–water partition coefficient (Wildman–Crippen LogP) is 1.09. The lowest BCUT2D eigenvalue weighted by atomic mass is 10.1. The van der Waals surface area contributed by atoms with Crippen LogP contribution in [0.4, 0.5) is 5.69 Å². The molecule has 94 valence electrons. The molecule has 0 aliphatic carbocycles. The topological polar surface area (TPSA) is 55.6 Å². The van der Waals surface area contributed by atoms with E-state index >= 15 is 0 Å². The van der Waals surface area contributed by atoms with Crippen LogP contribution in [0.2, 0.25) is 0 Å². The number of nitrogens with zero attached hydrogens (tertiary/aromatic N) is 1. The quantitative estimate of drug-likeness (QED) is 0.806. The number of carbonyl (C=O) groups excluding carboxylic acids is 1. The third-order valence-corrected chi connectivity index (χ3v) is 2.70. The first-order valence-electron chi connectivity index (χ1n) is 5.45. The molecule has 1 amide bonds. The molecule has 1 fully saturated rings. The Balaban J connectivity index is 0.00000144. The van der Waals surface area contributed by atoms with Crippen molar-refractivity contribution >= 4 is 24.0 Å². The Morgan fingerprint density at radius 1 is 1.24 bits per heavy atom. The van der Waals surface area contributed by atoms with Crippen molar-refractivity contribution in [3.63, 3.8) is 0 Å². The molecule has 1 saturated heterocycles. The van der Waals surface area contributed by atoms with Crippen molar-refractivity contribution in [2.24, 2.45) is 0 Å². The monoisotopic (exact) mass is 256 g/mol. The highest BCUT2D eigenvalue weighted by Crippen LogP contribution is 2.08. The molecule has 0 unspecified atom stereocenters. The largest absolute Gasteiger partial charge is 0.399 e. The normalized spacial score (nSPS) is 15.2. The zero-order valence-electron chi connectivity index (χ0n) is 9.59. The maximum Gasteiger partial charge on any atom is 0.227 e. The summed E-state index contributed by atoms with van der Waals surface area (Å²) in [5, 5.41) is 0. The lowest BCUT2D eigenvalue weighted by Gasteiger charge is -2.26. The molecule has 1 aliphatic rings. The van der Waals surface area contributed by atoms with Gasteiger partial charge >= 0.3 is 0 Å². The SMILES string of the molecule is Cl.Nc1ccc(CC(=O)N2CCOCC2)cc1. The first-order chi connectivity index (χ1) is 7.75. The number of nitrogens with two attached hydrogens (primary N) is 1. The van der Waals surface area contributed by atoms with Gasteiger partial charge in [-0.05, 0) is 17.7 Å². The molecule has 1 heterocycles. The summed E-state index contributed by atoms with van der Waals surface area (Å²) in [6, 6.07) is 7.44. The number of hydrogen-bond acceptors (Lipinski definition) is 3. The van der Waals surface area contributed by atoms with Crippen molar-refractivity contribution in [3.05, 3.63) is 29.8 Å².